The van der Waals surface area contributed by atoms with Gasteiger partial charge in [0.1, 0.15) is 11.4 Å². The minimum atomic E-state index is -1.11. The van der Waals surface area contributed by atoms with Gasteiger partial charge in [-0.2, -0.15) is 0 Å². The lowest BCUT2D eigenvalue weighted by molar-refractivity contribution is 0.0697. The van der Waals surface area contributed by atoms with Gasteiger partial charge in [-0.3, -0.25) is 0 Å². The van der Waals surface area contributed by atoms with Gasteiger partial charge in [-0.15, -0.1) is 0 Å². The van der Waals surface area contributed by atoms with Gasteiger partial charge in [-0.1, -0.05) is 26.0 Å². The van der Waals surface area contributed by atoms with Gasteiger partial charge < -0.3 is 15.6 Å². The number of carboxylic acids is 1. The number of nitrogen functional groups attached to an aromatic ring is 1. The molecular formula is C15H16N2O3. The second-order valence-corrected chi connectivity index (χ2v) is 4.71. The van der Waals surface area contributed by atoms with Gasteiger partial charge in [-0.25, -0.2) is 9.78 Å². The van der Waals surface area contributed by atoms with Gasteiger partial charge in [0.05, 0.1) is 5.56 Å². The minimum Gasteiger partial charge on any atom is -0.478 e. The van der Waals surface area contributed by atoms with Crippen molar-refractivity contribution >= 4 is 11.7 Å². The molecule has 0 saturated carbocycles. The van der Waals surface area contributed by atoms with E-state index in [2.05, 4.69) is 18.8 Å². The molecule has 5 nitrogen and oxygen atoms in total. The van der Waals surface area contributed by atoms with Crippen molar-refractivity contribution in [1.82, 2.24) is 4.98 Å². The Balaban J connectivity index is 2.33. The summed E-state index contributed by atoms with van der Waals surface area (Å²) in [5.41, 5.74) is 6.89. The molecule has 0 aliphatic rings. The van der Waals surface area contributed by atoms with Gasteiger partial charge in [0, 0.05) is 6.20 Å². The summed E-state index contributed by atoms with van der Waals surface area (Å²) in [6.45, 7) is 4.16. The maximum Gasteiger partial charge on any atom is 0.338 e. The lowest BCUT2D eigenvalue weighted by atomic mass is 10.0. The first-order valence-electron chi connectivity index (χ1n) is 6.24. The van der Waals surface area contributed by atoms with E-state index in [9.17, 15) is 4.79 Å². The van der Waals surface area contributed by atoms with Crippen molar-refractivity contribution in [2.24, 2.45) is 0 Å². The van der Waals surface area contributed by atoms with E-state index >= 15 is 0 Å². The Morgan fingerprint density at radius 2 is 2.10 bits per heavy atom. The fourth-order valence-corrected chi connectivity index (χ4v) is 1.77. The standard InChI is InChI=1S/C15H16N2O3/c1-9(2)10-4-3-5-11(8-10)20-14-13(16)12(15(18)19)6-7-17-14/h3-9H,16H2,1-2H3,(H,18,19). The van der Waals surface area contributed by atoms with Crippen LogP contribution in [0.2, 0.25) is 0 Å². The molecule has 1 aromatic carbocycles. The highest BCUT2D eigenvalue weighted by atomic mass is 16.5. The topological polar surface area (TPSA) is 85.4 Å². The van der Waals surface area contributed by atoms with Crippen LogP contribution in [0, 0.1) is 0 Å². The average Bonchev–Trinajstić information content (AvgIpc) is 2.41. The molecule has 0 radical (unpaired) electrons. The number of pyridine rings is 1. The number of hydrogen-bond donors (Lipinski definition) is 2. The van der Waals surface area contributed by atoms with Crippen molar-refractivity contribution in [2.45, 2.75) is 19.8 Å². The molecule has 1 heterocycles. The Hall–Kier alpha value is -2.56. The summed E-state index contributed by atoms with van der Waals surface area (Å²) >= 11 is 0. The summed E-state index contributed by atoms with van der Waals surface area (Å²) in [6, 6.07) is 8.89. The molecule has 0 aliphatic heterocycles. The van der Waals surface area contributed by atoms with Crippen molar-refractivity contribution < 1.29 is 14.6 Å². The van der Waals surface area contributed by atoms with Crippen LogP contribution < -0.4 is 10.5 Å². The van der Waals surface area contributed by atoms with E-state index in [1.165, 1.54) is 12.3 Å². The van der Waals surface area contributed by atoms with Crippen molar-refractivity contribution in [3.05, 3.63) is 47.7 Å². The Bertz CT molecular complexity index is 639. The Kier molecular flexibility index (Phi) is 3.89. The Morgan fingerprint density at radius 3 is 2.75 bits per heavy atom. The highest BCUT2D eigenvalue weighted by Crippen LogP contribution is 2.29. The summed E-state index contributed by atoms with van der Waals surface area (Å²) in [7, 11) is 0. The third kappa shape index (κ3) is 2.88. The van der Waals surface area contributed by atoms with E-state index in [4.69, 9.17) is 15.6 Å². The highest BCUT2D eigenvalue weighted by Gasteiger charge is 2.14. The largest absolute Gasteiger partial charge is 0.478 e. The lowest BCUT2D eigenvalue weighted by Gasteiger charge is -2.11. The van der Waals surface area contributed by atoms with Crippen LogP contribution in [0.1, 0.15) is 35.7 Å². The van der Waals surface area contributed by atoms with E-state index in [0.29, 0.717) is 11.7 Å². The third-order valence-electron chi connectivity index (χ3n) is 2.92. The zero-order chi connectivity index (χ0) is 14.7. The molecule has 0 unspecified atom stereocenters. The monoisotopic (exact) mass is 272 g/mol. The van der Waals surface area contributed by atoms with Crippen LogP contribution >= 0.6 is 0 Å². The summed E-state index contributed by atoms with van der Waals surface area (Å²) in [4.78, 5) is 15.0. The second kappa shape index (κ2) is 5.61. The van der Waals surface area contributed by atoms with Crippen LogP contribution in [0.3, 0.4) is 0 Å². The number of carbonyl (C=O) groups is 1. The van der Waals surface area contributed by atoms with E-state index in [-0.39, 0.29) is 17.1 Å². The number of nitrogens with two attached hydrogens (primary N) is 1. The average molecular weight is 272 g/mol. The zero-order valence-electron chi connectivity index (χ0n) is 11.3. The first-order chi connectivity index (χ1) is 9.49. The first-order valence-corrected chi connectivity index (χ1v) is 6.24. The molecule has 1 aromatic heterocycles. The molecule has 0 bridgehead atoms. The van der Waals surface area contributed by atoms with Crippen LogP contribution in [-0.2, 0) is 0 Å². The number of aromatic carboxylic acids is 1. The predicted octanol–water partition coefficient (Wildman–Crippen LogP) is 3.28. The molecule has 5 heteroatoms. The maximum atomic E-state index is 11.0. The quantitative estimate of drug-likeness (QED) is 0.892. The van der Waals surface area contributed by atoms with Gasteiger partial charge in [0.2, 0.25) is 5.88 Å². The number of benzene rings is 1. The summed E-state index contributed by atoms with van der Waals surface area (Å²) in [5, 5.41) is 9.01. The molecule has 0 spiro atoms. The van der Waals surface area contributed by atoms with Crippen LogP contribution in [-0.4, -0.2) is 16.1 Å². The van der Waals surface area contributed by atoms with Crippen LogP contribution in [0.4, 0.5) is 5.69 Å². The first kappa shape index (κ1) is 13.9. The molecular weight excluding hydrogens is 256 g/mol. The van der Waals surface area contributed by atoms with E-state index < -0.39 is 5.97 Å². The highest BCUT2D eigenvalue weighted by molar-refractivity contribution is 5.94. The fraction of sp³-hybridized carbons (Fsp3) is 0.200. The number of anilines is 1. The summed E-state index contributed by atoms with van der Waals surface area (Å²) < 4.78 is 5.59. The summed E-state index contributed by atoms with van der Waals surface area (Å²) in [6.07, 6.45) is 1.36. The Labute approximate surface area is 117 Å². The predicted molar refractivity (Wildman–Crippen MR) is 76.2 cm³/mol. The zero-order valence-corrected chi connectivity index (χ0v) is 11.3. The van der Waals surface area contributed by atoms with Crippen LogP contribution in [0.15, 0.2) is 36.5 Å². The molecule has 0 atom stereocenters. The molecule has 3 N–H and O–H groups in total. The van der Waals surface area contributed by atoms with Crippen molar-refractivity contribution in [3.63, 3.8) is 0 Å². The molecule has 2 aromatic rings. The summed E-state index contributed by atoms with van der Waals surface area (Å²) in [5.74, 6) is -0.0522. The second-order valence-electron chi connectivity index (χ2n) is 4.71. The number of ether oxygens (including phenoxy) is 1. The molecule has 20 heavy (non-hydrogen) atoms. The fourth-order valence-electron chi connectivity index (χ4n) is 1.77. The normalized spacial score (nSPS) is 10.6. The number of nitrogens with zero attached hydrogens (tertiary/aromatic N) is 1. The molecule has 0 saturated heterocycles. The number of aromatic nitrogens is 1. The van der Waals surface area contributed by atoms with Gasteiger partial charge in [0.15, 0.2) is 0 Å². The van der Waals surface area contributed by atoms with E-state index in [1.54, 1.807) is 6.07 Å². The molecule has 0 fully saturated rings. The van der Waals surface area contributed by atoms with Crippen molar-refractivity contribution in [1.29, 1.82) is 0 Å². The van der Waals surface area contributed by atoms with Crippen LogP contribution in [0.25, 0.3) is 0 Å². The number of rotatable bonds is 4. The van der Waals surface area contributed by atoms with Crippen molar-refractivity contribution in [3.8, 4) is 11.6 Å². The molecule has 2 rings (SSSR count). The number of carboxylic acid groups (broad SMARTS) is 1. The lowest BCUT2D eigenvalue weighted by Crippen LogP contribution is -2.05. The molecule has 104 valence electrons. The smallest absolute Gasteiger partial charge is 0.338 e. The van der Waals surface area contributed by atoms with Crippen LogP contribution in [0.5, 0.6) is 11.6 Å². The molecule has 0 aliphatic carbocycles. The van der Waals surface area contributed by atoms with Crippen molar-refractivity contribution in [2.75, 3.05) is 5.73 Å². The SMILES string of the molecule is CC(C)c1cccc(Oc2nccc(C(=O)O)c2N)c1. The number of hydrogen-bond acceptors (Lipinski definition) is 4. The maximum absolute atomic E-state index is 11.0. The van der Waals surface area contributed by atoms with Gasteiger partial charge in [-0.05, 0) is 29.7 Å². The van der Waals surface area contributed by atoms with Gasteiger partial charge >= 0.3 is 5.97 Å². The third-order valence-corrected chi connectivity index (χ3v) is 2.92. The van der Waals surface area contributed by atoms with Gasteiger partial charge in [0.25, 0.3) is 0 Å². The van der Waals surface area contributed by atoms with E-state index in [1.807, 2.05) is 18.2 Å². The minimum absolute atomic E-state index is 0.0185. The van der Waals surface area contributed by atoms with E-state index in [0.717, 1.165) is 5.56 Å². The Morgan fingerprint density at radius 1 is 1.35 bits per heavy atom. The molecule has 0 amide bonds.